The van der Waals surface area contributed by atoms with E-state index >= 15 is 0 Å². The molecule has 0 atom stereocenters. The first kappa shape index (κ1) is 26.9. The standard InChI is InChI=1S/C17H27N3O3S.C2HF3O2/c1-14(2)20(11-8-17(21)19-12-9-18-10-13-19)24(22,23)16-6-4-15(3)5-7-16;3-2(4,5)1(6)7/h4-7,14,18H,8-13H2,1-3H3;(H,6,7). The number of aliphatic carboxylic acids is 1. The van der Waals surface area contributed by atoms with E-state index in [1.807, 2.05) is 20.8 Å². The fraction of sp³-hybridized carbons (Fsp3) is 0.579. The molecule has 8 nitrogen and oxygen atoms in total. The van der Waals surface area contributed by atoms with E-state index in [9.17, 15) is 26.4 Å². The van der Waals surface area contributed by atoms with Gasteiger partial charge in [0.2, 0.25) is 15.9 Å². The van der Waals surface area contributed by atoms with Crippen LogP contribution in [0, 0.1) is 6.92 Å². The molecule has 1 aromatic carbocycles. The molecule has 1 heterocycles. The van der Waals surface area contributed by atoms with Gasteiger partial charge in [-0.3, -0.25) is 4.79 Å². The lowest BCUT2D eigenvalue weighted by molar-refractivity contribution is -0.192. The van der Waals surface area contributed by atoms with Crippen LogP contribution in [0.15, 0.2) is 29.2 Å². The predicted molar refractivity (Wildman–Crippen MR) is 108 cm³/mol. The maximum Gasteiger partial charge on any atom is 0.490 e. The highest BCUT2D eigenvalue weighted by molar-refractivity contribution is 7.89. The maximum absolute atomic E-state index is 12.9. The van der Waals surface area contributed by atoms with Crippen LogP contribution < -0.4 is 5.32 Å². The molecule has 176 valence electrons. The number of carbonyl (C=O) groups excluding carboxylic acids is 1. The van der Waals surface area contributed by atoms with Gasteiger partial charge in [-0.05, 0) is 32.9 Å². The van der Waals surface area contributed by atoms with Gasteiger partial charge in [-0.1, -0.05) is 17.7 Å². The topological polar surface area (TPSA) is 107 Å². The highest BCUT2D eigenvalue weighted by Crippen LogP contribution is 2.19. The predicted octanol–water partition coefficient (Wildman–Crippen LogP) is 1.85. The zero-order valence-corrected chi connectivity index (χ0v) is 18.5. The molecular formula is C19H28F3N3O5S. The minimum atomic E-state index is -5.08. The number of hydrogen-bond acceptors (Lipinski definition) is 5. The van der Waals surface area contributed by atoms with Gasteiger partial charge in [0.05, 0.1) is 4.90 Å². The van der Waals surface area contributed by atoms with Crippen LogP contribution in [0.25, 0.3) is 0 Å². The second-order valence-electron chi connectivity index (χ2n) is 7.21. The lowest BCUT2D eigenvalue weighted by Crippen LogP contribution is -2.47. The van der Waals surface area contributed by atoms with Gasteiger partial charge in [-0.25, -0.2) is 13.2 Å². The SMILES string of the molecule is Cc1ccc(S(=O)(=O)N(CCC(=O)N2CCNCC2)C(C)C)cc1.O=C(O)C(F)(F)F. The van der Waals surface area contributed by atoms with Crippen LogP contribution >= 0.6 is 0 Å². The number of piperazine rings is 1. The van der Waals surface area contributed by atoms with Crippen molar-refractivity contribution in [2.75, 3.05) is 32.7 Å². The number of benzene rings is 1. The van der Waals surface area contributed by atoms with Gasteiger partial charge in [-0.15, -0.1) is 0 Å². The lowest BCUT2D eigenvalue weighted by atomic mass is 10.2. The molecule has 0 bridgehead atoms. The number of nitrogens with one attached hydrogen (secondary N) is 1. The summed E-state index contributed by atoms with van der Waals surface area (Å²) in [6.07, 6.45) is -4.87. The van der Waals surface area contributed by atoms with Gasteiger partial charge < -0.3 is 15.3 Å². The number of aryl methyl sites for hydroxylation is 1. The highest BCUT2D eigenvalue weighted by Gasteiger charge is 2.38. The summed E-state index contributed by atoms with van der Waals surface area (Å²) in [5, 5.41) is 10.3. The largest absolute Gasteiger partial charge is 0.490 e. The van der Waals surface area contributed by atoms with Crippen molar-refractivity contribution in [3.8, 4) is 0 Å². The number of amides is 1. The van der Waals surface area contributed by atoms with Gasteiger partial charge in [0.1, 0.15) is 0 Å². The van der Waals surface area contributed by atoms with Crippen LogP contribution in [-0.2, 0) is 19.6 Å². The molecule has 0 spiro atoms. The Hall–Kier alpha value is -2.18. The number of carbonyl (C=O) groups is 2. The number of nitrogens with zero attached hydrogens (tertiary/aromatic N) is 2. The first-order valence-electron chi connectivity index (χ1n) is 9.64. The van der Waals surface area contributed by atoms with Gasteiger partial charge in [0.25, 0.3) is 0 Å². The number of alkyl halides is 3. The number of carboxylic acid groups (broad SMARTS) is 1. The van der Waals surface area contributed by atoms with Gasteiger partial charge in [-0.2, -0.15) is 17.5 Å². The summed E-state index contributed by atoms with van der Waals surface area (Å²) in [4.78, 5) is 23.3. The first-order valence-corrected chi connectivity index (χ1v) is 11.1. The van der Waals surface area contributed by atoms with Crippen LogP contribution in [0.5, 0.6) is 0 Å². The summed E-state index contributed by atoms with van der Waals surface area (Å²) < 4.78 is 58.9. The number of rotatable bonds is 6. The fourth-order valence-corrected chi connectivity index (χ4v) is 4.42. The molecule has 1 amide bonds. The highest BCUT2D eigenvalue weighted by atomic mass is 32.2. The molecule has 1 fully saturated rings. The summed E-state index contributed by atoms with van der Waals surface area (Å²) in [6.45, 7) is 8.75. The Kier molecular flexibility index (Phi) is 9.91. The normalized spacial score (nSPS) is 14.9. The Morgan fingerprint density at radius 1 is 1.16 bits per heavy atom. The summed E-state index contributed by atoms with van der Waals surface area (Å²) in [5.74, 6) is -2.74. The van der Waals surface area contributed by atoms with E-state index in [2.05, 4.69) is 5.32 Å². The Balaban J connectivity index is 0.000000592. The average molecular weight is 468 g/mol. The molecule has 2 rings (SSSR count). The minimum absolute atomic E-state index is 0.0151. The Morgan fingerprint density at radius 3 is 2.06 bits per heavy atom. The molecule has 1 aliphatic heterocycles. The molecule has 0 radical (unpaired) electrons. The van der Waals surface area contributed by atoms with Crippen molar-refractivity contribution in [3.05, 3.63) is 29.8 Å². The smallest absolute Gasteiger partial charge is 0.475 e. The van der Waals surface area contributed by atoms with Crippen molar-refractivity contribution < 1.29 is 36.3 Å². The summed E-state index contributed by atoms with van der Waals surface area (Å²) in [7, 11) is -3.59. The molecule has 1 aliphatic rings. The van der Waals surface area contributed by atoms with Crippen molar-refractivity contribution in [2.45, 2.75) is 44.3 Å². The molecule has 0 aliphatic carbocycles. The van der Waals surface area contributed by atoms with Crippen molar-refractivity contribution in [1.82, 2.24) is 14.5 Å². The molecule has 0 saturated carbocycles. The van der Waals surface area contributed by atoms with Crippen molar-refractivity contribution >= 4 is 21.9 Å². The van der Waals surface area contributed by atoms with Crippen molar-refractivity contribution in [2.24, 2.45) is 0 Å². The van der Waals surface area contributed by atoms with Crippen LogP contribution in [-0.4, -0.2) is 79.5 Å². The monoisotopic (exact) mass is 467 g/mol. The third-order valence-corrected chi connectivity index (χ3v) is 6.55. The average Bonchev–Trinajstić information content (AvgIpc) is 2.68. The van der Waals surface area contributed by atoms with Crippen molar-refractivity contribution in [1.29, 1.82) is 0 Å². The van der Waals surface area contributed by atoms with Crippen LogP contribution in [0.3, 0.4) is 0 Å². The first-order chi connectivity index (χ1) is 14.3. The number of hydrogen-bond donors (Lipinski definition) is 2. The van der Waals surface area contributed by atoms with Gasteiger partial charge in [0, 0.05) is 45.2 Å². The Labute approximate surface area is 180 Å². The van der Waals surface area contributed by atoms with Crippen LogP contribution in [0.2, 0.25) is 0 Å². The minimum Gasteiger partial charge on any atom is -0.475 e. The van der Waals surface area contributed by atoms with Gasteiger partial charge >= 0.3 is 12.1 Å². The molecule has 0 unspecified atom stereocenters. The van der Waals surface area contributed by atoms with E-state index in [0.29, 0.717) is 13.1 Å². The fourth-order valence-electron chi connectivity index (χ4n) is 2.78. The molecule has 0 aromatic heterocycles. The van der Waals surface area contributed by atoms with Crippen molar-refractivity contribution in [3.63, 3.8) is 0 Å². The Bertz CT molecular complexity index is 836. The molecule has 2 N–H and O–H groups in total. The number of halogens is 3. The molecule has 12 heteroatoms. The lowest BCUT2D eigenvalue weighted by Gasteiger charge is -2.30. The van der Waals surface area contributed by atoms with E-state index in [1.165, 1.54) is 4.31 Å². The van der Waals surface area contributed by atoms with Gasteiger partial charge in [0.15, 0.2) is 0 Å². The van der Waals surface area contributed by atoms with Crippen LogP contribution in [0.1, 0.15) is 25.8 Å². The summed E-state index contributed by atoms with van der Waals surface area (Å²) in [6, 6.07) is 6.62. The van der Waals surface area contributed by atoms with Crippen LogP contribution in [0.4, 0.5) is 13.2 Å². The zero-order chi connectivity index (χ0) is 23.8. The van der Waals surface area contributed by atoms with E-state index in [0.717, 1.165) is 18.7 Å². The third kappa shape index (κ3) is 8.46. The zero-order valence-electron chi connectivity index (χ0n) is 17.6. The van der Waals surface area contributed by atoms with E-state index in [1.54, 1.807) is 29.2 Å². The molecule has 31 heavy (non-hydrogen) atoms. The second-order valence-corrected chi connectivity index (χ2v) is 9.10. The van der Waals surface area contributed by atoms with E-state index in [4.69, 9.17) is 9.90 Å². The number of carboxylic acids is 1. The second kappa shape index (κ2) is 11.4. The molecule has 1 saturated heterocycles. The van der Waals surface area contributed by atoms with E-state index in [-0.39, 0.29) is 29.8 Å². The molecule has 1 aromatic rings. The van der Waals surface area contributed by atoms with E-state index < -0.39 is 22.2 Å². The maximum atomic E-state index is 12.9. The third-order valence-electron chi connectivity index (χ3n) is 4.46. The summed E-state index contributed by atoms with van der Waals surface area (Å²) >= 11 is 0. The Morgan fingerprint density at radius 2 is 1.65 bits per heavy atom. The molecular weight excluding hydrogens is 439 g/mol. The summed E-state index contributed by atoms with van der Waals surface area (Å²) in [5.41, 5.74) is 1.01. The number of sulfonamides is 1. The quantitative estimate of drug-likeness (QED) is 0.661.